The number of rotatable bonds is 7. The van der Waals surface area contributed by atoms with Crippen LogP contribution in [-0.2, 0) is 11.0 Å². The molecule has 0 radical (unpaired) electrons. The van der Waals surface area contributed by atoms with Crippen LogP contribution in [0.4, 0.5) is 24.5 Å². The molecule has 0 aromatic heterocycles. The molecular formula is C23H19F3N2O3. The Labute approximate surface area is 177 Å². The molecule has 0 unspecified atom stereocenters. The Morgan fingerprint density at radius 3 is 2.48 bits per heavy atom. The van der Waals surface area contributed by atoms with Crippen molar-refractivity contribution in [3.63, 3.8) is 0 Å². The number of amides is 1. The lowest BCUT2D eigenvalue weighted by atomic mass is 10.2. The first-order chi connectivity index (χ1) is 14.8. The van der Waals surface area contributed by atoms with Crippen molar-refractivity contribution in [3.8, 4) is 11.5 Å². The molecule has 0 spiro atoms. The Balaban J connectivity index is 1.56. The molecule has 160 valence electrons. The summed E-state index contributed by atoms with van der Waals surface area (Å²) >= 11 is 0. The highest BCUT2D eigenvalue weighted by molar-refractivity contribution is 5.93. The van der Waals surface area contributed by atoms with Gasteiger partial charge in [-0.2, -0.15) is 13.2 Å². The normalized spacial score (nSPS) is 11.4. The number of hydrogen-bond donors (Lipinski definition) is 1. The molecule has 3 rings (SSSR count). The van der Waals surface area contributed by atoms with Crippen LogP contribution in [0.25, 0.3) is 0 Å². The van der Waals surface area contributed by atoms with E-state index in [4.69, 9.17) is 9.47 Å². The molecule has 3 aromatic carbocycles. The minimum Gasteiger partial charge on any atom is -0.495 e. The van der Waals surface area contributed by atoms with Crippen LogP contribution in [-0.4, -0.2) is 25.8 Å². The Bertz CT molecular complexity index is 1060. The van der Waals surface area contributed by atoms with E-state index in [1.54, 1.807) is 48.5 Å². The van der Waals surface area contributed by atoms with E-state index < -0.39 is 11.7 Å². The summed E-state index contributed by atoms with van der Waals surface area (Å²) in [5.74, 6) is 0.659. The highest BCUT2D eigenvalue weighted by Crippen LogP contribution is 2.31. The molecular weight excluding hydrogens is 409 g/mol. The number of hydrogen-bond acceptors (Lipinski definition) is 4. The zero-order valence-corrected chi connectivity index (χ0v) is 16.5. The highest BCUT2D eigenvalue weighted by Gasteiger charge is 2.30. The summed E-state index contributed by atoms with van der Waals surface area (Å²) in [6.45, 7) is -0.199. The van der Waals surface area contributed by atoms with Gasteiger partial charge in [0.2, 0.25) is 0 Å². The SMILES string of the molecule is COc1ccccc1NC(=O)COc1ccc(C=Nc2cccc(C(F)(F)F)c2)cc1. The maximum absolute atomic E-state index is 12.8. The van der Waals surface area contributed by atoms with E-state index >= 15 is 0 Å². The summed E-state index contributed by atoms with van der Waals surface area (Å²) in [7, 11) is 1.51. The fourth-order valence-corrected chi connectivity index (χ4v) is 2.64. The summed E-state index contributed by atoms with van der Waals surface area (Å²) in [5.41, 5.74) is 0.656. The standard InChI is InChI=1S/C23H19F3N2O3/c1-30-21-8-3-2-7-20(21)28-22(29)15-31-19-11-9-16(10-12-19)14-27-18-6-4-5-17(13-18)23(24,25)26/h2-14H,15H2,1H3,(H,28,29). The highest BCUT2D eigenvalue weighted by atomic mass is 19.4. The summed E-state index contributed by atoms with van der Waals surface area (Å²) in [6.07, 6.45) is -2.96. The second-order valence-corrected chi connectivity index (χ2v) is 6.41. The largest absolute Gasteiger partial charge is 0.495 e. The summed E-state index contributed by atoms with van der Waals surface area (Å²) in [4.78, 5) is 16.2. The van der Waals surface area contributed by atoms with Crippen LogP contribution in [0, 0.1) is 0 Å². The molecule has 0 fully saturated rings. The molecule has 0 saturated heterocycles. The van der Waals surface area contributed by atoms with Gasteiger partial charge < -0.3 is 14.8 Å². The second kappa shape index (κ2) is 9.80. The molecule has 0 atom stereocenters. The number of nitrogens with one attached hydrogen (secondary N) is 1. The monoisotopic (exact) mass is 428 g/mol. The molecule has 1 amide bonds. The van der Waals surface area contributed by atoms with E-state index in [1.165, 1.54) is 25.5 Å². The topological polar surface area (TPSA) is 59.9 Å². The van der Waals surface area contributed by atoms with Gasteiger partial charge in [0.05, 0.1) is 24.0 Å². The fraction of sp³-hybridized carbons (Fsp3) is 0.130. The average molecular weight is 428 g/mol. The minimum absolute atomic E-state index is 0.197. The Kier molecular flexibility index (Phi) is 6.92. The summed E-state index contributed by atoms with van der Waals surface area (Å²) in [5, 5.41) is 2.71. The molecule has 5 nitrogen and oxygen atoms in total. The van der Waals surface area contributed by atoms with Crippen LogP contribution in [0.5, 0.6) is 11.5 Å². The lowest BCUT2D eigenvalue weighted by molar-refractivity contribution is -0.137. The van der Waals surface area contributed by atoms with Gasteiger partial charge in [-0.3, -0.25) is 9.79 Å². The molecule has 0 aliphatic rings. The van der Waals surface area contributed by atoms with E-state index in [1.807, 2.05) is 0 Å². The second-order valence-electron chi connectivity index (χ2n) is 6.41. The summed E-state index contributed by atoms with van der Waals surface area (Å²) < 4.78 is 48.9. The zero-order chi connectivity index (χ0) is 22.3. The molecule has 8 heteroatoms. The molecule has 3 aromatic rings. The van der Waals surface area contributed by atoms with Crippen LogP contribution < -0.4 is 14.8 Å². The maximum Gasteiger partial charge on any atom is 0.416 e. The summed E-state index contributed by atoms with van der Waals surface area (Å²) in [6, 6.07) is 18.4. The zero-order valence-electron chi connectivity index (χ0n) is 16.5. The van der Waals surface area contributed by atoms with Crippen molar-refractivity contribution in [2.24, 2.45) is 4.99 Å². The molecule has 31 heavy (non-hydrogen) atoms. The third-order valence-electron chi connectivity index (χ3n) is 4.17. The molecule has 1 N–H and O–H groups in total. The first-order valence-electron chi connectivity index (χ1n) is 9.22. The predicted molar refractivity (Wildman–Crippen MR) is 112 cm³/mol. The lowest BCUT2D eigenvalue weighted by Gasteiger charge is -2.10. The third kappa shape index (κ3) is 6.33. The van der Waals surface area contributed by atoms with Gasteiger partial charge in [0.1, 0.15) is 11.5 Å². The van der Waals surface area contributed by atoms with Crippen molar-refractivity contribution in [2.75, 3.05) is 19.0 Å². The van der Waals surface area contributed by atoms with Gasteiger partial charge in [0, 0.05) is 6.21 Å². The number of nitrogens with zero attached hydrogens (tertiary/aromatic N) is 1. The Hall–Kier alpha value is -3.81. The third-order valence-corrected chi connectivity index (χ3v) is 4.17. The number of aliphatic imine (C=N–C) groups is 1. The van der Waals surface area contributed by atoms with E-state index in [0.29, 0.717) is 22.7 Å². The lowest BCUT2D eigenvalue weighted by Crippen LogP contribution is -2.20. The molecule has 0 saturated carbocycles. The predicted octanol–water partition coefficient (Wildman–Crippen LogP) is 5.48. The van der Waals surface area contributed by atoms with Gasteiger partial charge in [-0.25, -0.2) is 0 Å². The first kappa shape index (κ1) is 21.9. The number of halogens is 3. The van der Waals surface area contributed by atoms with E-state index in [2.05, 4.69) is 10.3 Å². The number of anilines is 1. The molecule has 0 heterocycles. The van der Waals surface area contributed by atoms with Gasteiger partial charge in [0.15, 0.2) is 6.61 Å². The van der Waals surface area contributed by atoms with E-state index in [-0.39, 0.29) is 18.2 Å². The maximum atomic E-state index is 12.8. The van der Waals surface area contributed by atoms with Gasteiger partial charge in [-0.15, -0.1) is 0 Å². The van der Waals surface area contributed by atoms with Crippen molar-refractivity contribution in [3.05, 3.63) is 83.9 Å². The average Bonchev–Trinajstić information content (AvgIpc) is 2.77. The molecule has 0 bridgehead atoms. The van der Waals surface area contributed by atoms with Crippen LogP contribution in [0.15, 0.2) is 77.8 Å². The number of methoxy groups -OCH3 is 1. The number of alkyl halides is 3. The quantitative estimate of drug-likeness (QED) is 0.507. The number of carbonyl (C=O) groups is 1. The molecule has 0 aliphatic carbocycles. The smallest absolute Gasteiger partial charge is 0.416 e. The van der Waals surface area contributed by atoms with Crippen LogP contribution in [0.1, 0.15) is 11.1 Å². The van der Waals surface area contributed by atoms with Crippen molar-refractivity contribution in [1.82, 2.24) is 0 Å². The van der Waals surface area contributed by atoms with Gasteiger partial charge >= 0.3 is 6.18 Å². The molecule has 0 aliphatic heterocycles. The van der Waals surface area contributed by atoms with Gasteiger partial charge in [0.25, 0.3) is 5.91 Å². The van der Waals surface area contributed by atoms with Crippen LogP contribution >= 0.6 is 0 Å². The van der Waals surface area contributed by atoms with E-state index in [0.717, 1.165) is 12.1 Å². The first-order valence-corrected chi connectivity index (χ1v) is 9.22. The number of para-hydroxylation sites is 2. The minimum atomic E-state index is -4.41. The van der Waals surface area contributed by atoms with Crippen molar-refractivity contribution < 1.29 is 27.4 Å². The fourth-order valence-electron chi connectivity index (χ4n) is 2.64. The van der Waals surface area contributed by atoms with Gasteiger partial charge in [-0.1, -0.05) is 18.2 Å². The van der Waals surface area contributed by atoms with Crippen molar-refractivity contribution in [1.29, 1.82) is 0 Å². The van der Waals surface area contributed by atoms with Crippen molar-refractivity contribution in [2.45, 2.75) is 6.18 Å². The van der Waals surface area contributed by atoms with E-state index in [9.17, 15) is 18.0 Å². The Morgan fingerprint density at radius 2 is 1.77 bits per heavy atom. The number of carbonyl (C=O) groups excluding carboxylic acids is 1. The van der Waals surface area contributed by atoms with Crippen molar-refractivity contribution >= 4 is 23.5 Å². The van der Waals surface area contributed by atoms with Crippen LogP contribution in [0.3, 0.4) is 0 Å². The van der Waals surface area contributed by atoms with Gasteiger partial charge in [-0.05, 0) is 60.2 Å². The Morgan fingerprint density at radius 1 is 1.03 bits per heavy atom. The number of ether oxygens (including phenoxy) is 2. The van der Waals surface area contributed by atoms with Crippen LogP contribution in [0.2, 0.25) is 0 Å². The number of benzene rings is 3.